The maximum absolute atomic E-state index is 4.46. The van der Waals surface area contributed by atoms with Crippen LogP contribution in [0.1, 0.15) is 22.8 Å². The Labute approximate surface area is 131 Å². The van der Waals surface area contributed by atoms with Gasteiger partial charge in [-0.15, -0.1) is 0 Å². The van der Waals surface area contributed by atoms with Gasteiger partial charge in [0, 0.05) is 22.8 Å². The van der Waals surface area contributed by atoms with Crippen molar-refractivity contribution in [3.05, 3.63) is 71.3 Å². The molecule has 0 spiro atoms. The standard InChI is InChI=1S/C20H20N2/c1-13-8-19(9-14(2)21-13)17-6-5-7-18(12-17)20-10-15(3)22-16(4)11-20/h5-12H,1-4H3. The van der Waals surface area contributed by atoms with E-state index >= 15 is 0 Å². The van der Waals surface area contributed by atoms with Crippen LogP contribution in [0.4, 0.5) is 0 Å². The molecule has 0 saturated heterocycles. The molecule has 3 rings (SSSR count). The molecule has 3 aromatic rings. The van der Waals surface area contributed by atoms with Gasteiger partial charge in [0.15, 0.2) is 0 Å². The number of aryl methyl sites for hydroxylation is 4. The summed E-state index contributed by atoms with van der Waals surface area (Å²) < 4.78 is 0. The van der Waals surface area contributed by atoms with Crippen LogP contribution in [-0.4, -0.2) is 9.97 Å². The van der Waals surface area contributed by atoms with Crippen molar-refractivity contribution < 1.29 is 0 Å². The molecule has 0 bridgehead atoms. The number of hydrogen-bond donors (Lipinski definition) is 0. The lowest BCUT2D eigenvalue weighted by Crippen LogP contribution is -1.90. The Kier molecular flexibility index (Phi) is 3.76. The van der Waals surface area contributed by atoms with Crippen LogP contribution < -0.4 is 0 Å². The average Bonchev–Trinajstić information content (AvgIpc) is 2.45. The number of rotatable bonds is 2. The molecule has 2 heterocycles. The molecule has 22 heavy (non-hydrogen) atoms. The van der Waals surface area contributed by atoms with Crippen LogP contribution in [0.25, 0.3) is 22.3 Å². The maximum Gasteiger partial charge on any atom is 0.0382 e. The summed E-state index contributed by atoms with van der Waals surface area (Å²) in [5.74, 6) is 0. The zero-order valence-electron chi connectivity index (χ0n) is 13.5. The Morgan fingerprint density at radius 1 is 0.500 bits per heavy atom. The lowest BCUT2D eigenvalue weighted by molar-refractivity contribution is 1.12. The molecule has 0 fully saturated rings. The van der Waals surface area contributed by atoms with Gasteiger partial charge >= 0.3 is 0 Å². The molecule has 0 amide bonds. The van der Waals surface area contributed by atoms with Crippen molar-refractivity contribution >= 4 is 0 Å². The minimum absolute atomic E-state index is 1.05. The summed E-state index contributed by atoms with van der Waals surface area (Å²) in [6, 6.07) is 17.2. The second kappa shape index (κ2) is 5.72. The summed E-state index contributed by atoms with van der Waals surface area (Å²) >= 11 is 0. The van der Waals surface area contributed by atoms with Gasteiger partial charge in [-0.3, -0.25) is 9.97 Å². The van der Waals surface area contributed by atoms with Crippen molar-refractivity contribution in [3.63, 3.8) is 0 Å². The van der Waals surface area contributed by atoms with Crippen molar-refractivity contribution in [2.75, 3.05) is 0 Å². The van der Waals surface area contributed by atoms with Crippen molar-refractivity contribution in [2.24, 2.45) is 0 Å². The molecule has 0 aliphatic heterocycles. The second-order valence-electron chi connectivity index (χ2n) is 5.86. The van der Waals surface area contributed by atoms with Crippen LogP contribution in [-0.2, 0) is 0 Å². The van der Waals surface area contributed by atoms with E-state index in [4.69, 9.17) is 0 Å². The third-order valence-corrected chi connectivity index (χ3v) is 3.69. The summed E-state index contributed by atoms with van der Waals surface area (Å²) in [5.41, 5.74) is 9.08. The molecular weight excluding hydrogens is 268 g/mol. The van der Waals surface area contributed by atoms with Gasteiger partial charge in [0.2, 0.25) is 0 Å². The summed E-state index contributed by atoms with van der Waals surface area (Å²) in [4.78, 5) is 8.91. The number of benzene rings is 1. The van der Waals surface area contributed by atoms with E-state index in [0.29, 0.717) is 0 Å². The predicted octanol–water partition coefficient (Wildman–Crippen LogP) is 5.04. The Bertz CT molecular complexity index is 728. The molecule has 2 heteroatoms. The van der Waals surface area contributed by atoms with E-state index in [1.165, 1.54) is 22.3 Å². The van der Waals surface area contributed by atoms with Crippen LogP contribution in [0.3, 0.4) is 0 Å². The van der Waals surface area contributed by atoms with Crippen molar-refractivity contribution in [2.45, 2.75) is 27.7 Å². The Morgan fingerprint density at radius 2 is 0.864 bits per heavy atom. The summed E-state index contributed by atoms with van der Waals surface area (Å²) in [6.07, 6.45) is 0. The summed E-state index contributed by atoms with van der Waals surface area (Å²) in [5, 5.41) is 0. The number of nitrogens with zero attached hydrogens (tertiary/aromatic N) is 2. The fraction of sp³-hybridized carbons (Fsp3) is 0.200. The maximum atomic E-state index is 4.46. The summed E-state index contributed by atoms with van der Waals surface area (Å²) in [6.45, 7) is 8.15. The molecule has 0 aliphatic rings. The smallest absolute Gasteiger partial charge is 0.0382 e. The average molecular weight is 288 g/mol. The Morgan fingerprint density at radius 3 is 1.23 bits per heavy atom. The summed E-state index contributed by atoms with van der Waals surface area (Å²) in [7, 11) is 0. The van der Waals surface area contributed by atoms with Crippen LogP contribution in [0.15, 0.2) is 48.5 Å². The molecular formula is C20H20N2. The lowest BCUT2D eigenvalue weighted by atomic mass is 9.98. The molecule has 0 unspecified atom stereocenters. The Hall–Kier alpha value is -2.48. The van der Waals surface area contributed by atoms with E-state index in [0.717, 1.165) is 22.8 Å². The monoisotopic (exact) mass is 288 g/mol. The molecule has 2 nitrogen and oxygen atoms in total. The van der Waals surface area contributed by atoms with Gasteiger partial charge in [-0.2, -0.15) is 0 Å². The highest BCUT2D eigenvalue weighted by atomic mass is 14.7. The highest BCUT2D eigenvalue weighted by Gasteiger charge is 2.05. The zero-order valence-corrected chi connectivity index (χ0v) is 13.5. The first-order valence-corrected chi connectivity index (χ1v) is 7.53. The van der Waals surface area contributed by atoms with E-state index in [1.54, 1.807) is 0 Å². The molecule has 0 radical (unpaired) electrons. The fourth-order valence-corrected chi connectivity index (χ4v) is 2.88. The molecule has 0 N–H and O–H groups in total. The molecule has 110 valence electrons. The van der Waals surface area contributed by atoms with Gasteiger partial charge in [-0.05, 0) is 80.3 Å². The van der Waals surface area contributed by atoms with Gasteiger partial charge in [0.1, 0.15) is 0 Å². The van der Waals surface area contributed by atoms with Crippen LogP contribution in [0.5, 0.6) is 0 Å². The van der Waals surface area contributed by atoms with Gasteiger partial charge in [0.25, 0.3) is 0 Å². The third kappa shape index (κ3) is 3.06. The topological polar surface area (TPSA) is 25.8 Å². The molecule has 0 saturated carbocycles. The van der Waals surface area contributed by atoms with E-state index in [9.17, 15) is 0 Å². The van der Waals surface area contributed by atoms with Crippen molar-refractivity contribution in [1.82, 2.24) is 9.97 Å². The largest absolute Gasteiger partial charge is 0.258 e. The van der Waals surface area contributed by atoms with Crippen molar-refractivity contribution in [1.29, 1.82) is 0 Å². The molecule has 0 aliphatic carbocycles. The third-order valence-electron chi connectivity index (χ3n) is 3.69. The molecule has 0 atom stereocenters. The highest BCUT2D eigenvalue weighted by molar-refractivity contribution is 5.73. The SMILES string of the molecule is Cc1cc(-c2cccc(-c3cc(C)nc(C)c3)c2)cc(C)n1. The predicted molar refractivity (Wildman–Crippen MR) is 91.9 cm³/mol. The van der Waals surface area contributed by atoms with E-state index < -0.39 is 0 Å². The van der Waals surface area contributed by atoms with Crippen molar-refractivity contribution in [3.8, 4) is 22.3 Å². The van der Waals surface area contributed by atoms with E-state index in [1.807, 2.05) is 27.7 Å². The molecule has 1 aromatic carbocycles. The van der Waals surface area contributed by atoms with Gasteiger partial charge in [-0.25, -0.2) is 0 Å². The number of aromatic nitrogens is 2. The van der Waals surface area contributed by atoms with E-state index in [-0.39, 0.29) is 0 Å². The quantitative estimate of drug-likeness (QED) is 0.660. The highest BCUT2D eigenvalue weighted by Crippen LogP contribution is 2.27. The first kappa shape index (κ1) is 14.5. The first-order chi connectivity index (χ1) is 10.5. The number of hydrogen-bond acceptors (Lipinski definition) is 2. The van der Waals surface area contributed by atoms with Crippen LogP contribution >= 0.6 is 0 Å². The first-order valence-electron chi connectivity index (χ1n) is 7.53. The second-order valence-corrected chi connectivity index (χ2v) is 5.86. The van der Waals surface area contributed by atoms with Gasteiger partial charge in [-0.1, -0.05) is 18.2 Å². The zero-order chi connectivity index (χ0) is 15.7. The minimum atomic E-state index is 1.05. The minimum Gasteiger partial charge on any atom is -0.258 e. The molecule has 2 aromatic heterocycles. The number of pyridine rings is 2. The lowest BCUT2D eigenvalue weighted by Gasteiger charge is -2.09. The van der Waals surface area contributed by atoms with Gasteiger partial charge in [0.05, 0.1) is 0 Å². The van der Waals surface area contributed by atoms with Crippen LogP contribution in [0, 0.1) is 27.7 Å². The van der Waals surface area contributed by atoms with E-state index in [2.05, 4.69) is 58.5 Å². The fourth-order valence-electron chi connectivity index (χ4n) is 2.88. The van der Waals surface area contributed by atoms with Crippen LogP contribution in [0.2, 0.25) is 0 Å². The Balaban J connectivity index is 2.09. The van der Waals surface area contributed by atoms with Gasteiger partial charge < -0.3 is 0 Å². The normalized spacial score (nSPS) is 10.7.